The molecule has 1 atom stereocenters. The highest BCUT2D eigenvalue weighted by Crippen LogP contribution is 2.26. The fourth-order valence-corrected chi connectivity index (χ4v) is 3.00. The molecule has 1 aromatic carbocycles. The van der Waals surface area contributed by atoms with E-state index in [2.05, 4.69) is 10.2 Å². The zero-order chi connectivity index (χ0) is 14.6. The molecule has 0 spiro atoms. The van der Waals surface area contributed by atoms with E-state index in [0.717, 1.165) is 22.3 Å². The number of aromatic nitrogens is 3. The lowest BCUT2D eigenvalue weighted by Crippen LogP contribution is -2.41. The van der Waals surface area contributed by atoms with Crippen LogP contribution in [0, 0.1) is 6.92 Å². The molecular weight excluding hydrogens is 272 g/mol. The zero-order valence-corrected chi connectivity index (χ0v) is 12.6. The van der Waals surface area contributed by atoms with Crippen LogP contribution in [0.1, 0.15) is 17.8 Å². The molecule has 0 radical (unpaired) electrons. The standard InChI is InChI=1S/C14H20N4OS/c1-11-16-17-13(18(11)2)20-9-8-14(15,10-19)12-6-4-3-5-7-12/h3-7,19H,8-10,15H2,1-2H3. The smallest absolute Gasteiger partial charge is 0.190 e. The number of thioether (sulfide) groups is 1. The molecule has 0 aliphatic carbocycles. The van der Waals surface area contributed by atoms with Crippen LogP contribution in [0.2, 0.25) is 0 Å². The van der Waals surface area contributed by atoms with Crippen LogP contribution >= 0.6 is 11.8 Å². The molecule has 1 unspecified atom stereocenters. The van der Waals surface area contributed by atoms with Gasteiger partial charge in [-0.15, -0.1) is 10.2 Å². The minimum absolute atomic E-state index is 0.0740. The number of aliphatic hydroxyl groups excluding tert-OH is 1. The predicted molar refractivity (Wildman–Crippen MR) is 80.5 cm³/mol. The van der Waals surface area contributed by atoms with Gasteiger partial charge in [0.25, 0.3) is 0 Å². The fourth-order valence-electron chi connectivity index (χ4n) is 1.92. The van der Waals surface area contributed by atoms with Gasteiger partial charge in [-0.3, -0.25) is 0 Å². The Morgan fingerprint density at radius 1 is 1.30 bits per heavy atom. The van der Waals surface area contributed by atoms with Gasteiger partial charge in [0.1, 0.15) is 5.82 Å². The van der Waals surface area contributed by atoms with E-state index >= 15 is 0 Å². The number of hydrogen-bond acceptors (Lipinski definition) is 5. The quantitative estimate of drug-likeness (QED) is 0.788. The second-order valence-electron chi connectivity index (χ2n) is 4.87. The number of aryl methyl sites for hydroxylation is 1. The van der Waals surface area contributed by atoms with Crippen molar-refractivity contribution in [2.45, 2.75) is 24.0 Å². The minimum atomic E-state index is -0.706. The molecular formula is C14H20N4OS. The molecule has 0 bridgehead atoms. The minimum Gasteiger partial charge on any atom is -0.394 e. The van der Waals surface area contributed by atoms with Gasteiger partial charge < -0.3 is 15.4 Å². The summed E-state index contributed by atoms with van der Waals surface area (Å²) in [7, 11) is 1.94. The molecule has 20 heavy (non-hydrogen) atoms. The van der Waals surface area contributed by atoms with Crippen LogP contribution in [0.3, 0.4) is 0 Å². The first kappa shape index (κ1) is 15.0. The van der Waals surface area contributed by atoms with E-state index in [1.165, 1.54) is 0 Å². The Hall–Kier alpha value is -1.37. The first-order valence-electron chi connectivity index (χ1n) is 6.51. The zero-order valence-electron chi connectivity index (χ0n) is 11.8. The monoisotopic (exact) mass is 292 g/mol. The summed E-state index contributed by atoms with van der Waals surface area (Å²) >= 11 is 1.60. The third-order valence-electron chi connectivity index (χ3n) is 3.46. The van der Waals surface area contributed by atoms with E-state index < -0.39 is 5.54 Å². The van der Waals surface area contributed by atoms with Gasteiger partial charge in [-0.25, -0.2) is 0 Å². The van der Waals surface area contributed by atoms with E-state index in [1.54, 1.807) is 11.8 Å². The average molecular weight is 292 g/mol. The number of aliphatic hydroxyl groups is 1. The molecule has 0 aliphatic rings. The SMILES string of the molecule is Cc1nnc(SCCC(N)(CO)c2ccccc2)n1C. The van der Waals surface area contributed by atoms with Crippen molar-refractivity contribution in [3.63, 3.8) is 0 Å². The topological polar surface area (TPSA) is 77.0 Å². The first-order valence-corrected chi connectivity index (χ1v) is 7.49. The van der Waals surface area contributed by atoms with Gasteiger partial charge in [-0.1, -0.05) is 42.1 Å². The van der Waals surface area contributed by atoms with Gasteiger partial charge in [0.2, 0.25) is 0 Å². The second kappa shape index (κ2) is 6.39. The van der Waals surface area contributed by atoms with Crippen molar-refractivity contribution in [2.75, 3.05) is 12.4 Å². The molecule has 1 aromatic heterocycles. The average Bonchev–Trinajstić information content (AvgIpc) is 2.80. The molecule has 0 aliphatic heterocycles. The van der Waals surface area contributed by atoms with Gasteiger partial charge in [0.05, 0.1) is 12.1 Å². The summed E-state index contributed by atoms with van der Waals surface area (Å²) in [5.41, 5.74) is 6.57. The van der Waals surface area contributed by atoms with E-state index in [9.17, 15) is 5.11 Å². The van der Waals surface area contributed by atoms with Crippen molar-refractivity contribution in [1.82, 2.24) is 14.8 Å². The second-order valence-corrected chi connectivity index (χ2v) is 5.93. The van der Waals surface area contributed by atoms with Crippen LogP contribution in [0.15, 0.2) is 35.5 Å². The summed E-state index contributed by atoms with van der Waals surface area (Å²) in [5.74, 6) is 1.66. The Morgan fingerprint density at radius 2 is 2.00 bits per heavy atom. The Balaban J connectivity index is 1.99. The first-order chi connectivity index (χ1) is 9.57. The van der Waals surface area contributed by atoms with Gasteiger partial charge in [-0.2, -0.15) is 0 Å². The lowest BCUT2D eigenvalue weighted by Gasteiger charge is -2.27. The number of nitrogens with two attached hydrogens (primary N) is 1. The van der Waals surface area contributed by atoms with E-state index in [1.807, 2.05) is 48.9 Å². The summed E-state index contributed by atoms with van der Waals surface area (Å²) in [4.78, 5) is 0. The van der Waals surface area contributed by atoms with Gasteiger partial charge in [-0.05, 0) is 18.9 Å². The Kier molecular flexibility index (Phi) is 4.80. The van der Waals surface area contributed by atoms with Gasteiger partial charge in [0, 0.05) is 12.8 Å². The van der Waals surface area contributed by atoms with Crippen molar-refractivity contribution in [3.05, 3.63) is 41.7 Å². The normalized spacial score (nSPS) is 14.2. The highest BCUT2D eigenvalue weighted by Gasteiger charge is 2.26. The van der Waals surface area contributed by atoms with E-state index in [-0.39, 0.29) is 6.61 Å². The van der Waals surface area contributed by atoms with Crippen molar-refractivity contribution in [2.24, 2.45) is 12.8 Å². The van der Waals surface area contributed by atoms with E-state index in [4.69, 9.17) is 5.73 Å². The molecule has 108 valence electrons. The Morgan fingerprint density at radius 3 is 2.55 bits per heavy atom. The maximum absolute atomic E-state index is 9.63. The highest BCUT2D eigenvalue weighted by molar-refractivity contribution is 7.99. The van der Waals surface area contributed by atoms with Crippen LogP contribution in [0.5, 0.6) is 0 Å². The van der Waals surface area contributed by atoms with E-state index in [0.29, 0.717) is 6.42 Å². The largest absolute Gasteiger partial charge is 0.394 e. The maximum atomic E-state index is 9.63. The molecule has 2 aromatic rings. The molecule has 6 heteroatoms. The lowest BCUT2D eigenvalue weighted by atomic mass is 9.89. The third-order valence-corrected chi connectivity index (χ3v) is 4.48. The molecule has 0 fully saturated rings. The summed E-state index contributed by atoms with van der Waals surface area (Å²) in [6.07, 6.45) is 0.671. The summed E-state index contributed by atoms with van der Waals surface area (Å²) in [6, 6.07) is 9.72. The fraction of sp³-hybridized carbons (Fsp3) is 0.429. The highest BCUT2D eigenvalue weighted by atomic mass is 32.2. The number of benzene rings is 1. The van der Waals surface area contributed by atoms with Gasteiger partial charge >= 0.3 is 0 Å². The van der Waals surface area contributed by atoms with Crippen molar-refractivity contribution >= 4 is 11.8 Å². The summed E-state index contributed by atoms with van der Waals surface area (Å²) in [6.45, 7) is 1.84. The van der Waals surface area contributed by atoms with Crippen LogP contribution in [0.25, 0.3) is 0 Å². The third kappa shape index (κ3) is 3.20. The molecule has 2 rings (SSSR count). The molecule has 0 amide bonds. The van der Waals surface area contributed by atoms with Gasteiger partial charge in [0.15, 0.2) is 5.16 Å². The van der Waals surface area contributed by atoms with Crippen molar-refractivity contribution < 1.29 is 5.11 Å². The number of hydrogen-bond donors (Lipinski definition) is 2. The number of rotatable bonds is 6. The van der Waals surface area contributed by atoms with Crippen LogP contribution in [0.4, 0.5) is 0 Å². The summed E-state index contributed by atoms with van der Waals surface area (Å²) < 4.78 is 1.95. The Bertz CT molecular complexity index is 558. The number of nitrogens with zero attached hydrogens (tertiary/aromatic N) is 3. The molecule has 3 N–H and O–H groups in total. The van der Waals surface area contributed by atoms with Crippen LogP contribution in [-0.2, 0) is 12.6 Å². The maximum Gasteiger partial charge on any atom is 0.190 e. The Labute approximate surface area is 123 Å². The van der Waals surface area contributed by atoms with Crippen LogP contribution in [-0.4, -0.2) is 32.2 Å². The van der Waals surface area contributed by atoms with Crippen molar-refractivity contribution in [3.8, 4) is 0 Å². The molecule has 1 heterocycles. The van der Waals surface area contributed by atoms with Crippen molar-refractivity contribution in [1.29, 1.82) is 0 Å². The predicted octanol–water partition coefficient (Wildman–Crippen LogP) is 1.45. The molecule has 0 saturated heterocycles. The van der Waals surface area contributed by atoms with Crippen LogP contribution < -0.4 is 5.73 Å². The summed E-state index contributed by atoms with van der Waals surface area (Å²) in [5, 5.41) is 18.6. The molecule has 0 saturated carbocycles. The lowest BCUT2D eigenvalue weighted by molar-refractivity contribution is 0.193. The molecule has 5 nitrogen and oxygen atoms in total.